The molecule has 2 atom stereocenters. The SMILES string of the molecule is CCO[P@@](=O)(C#CC(C)(C)C)[C@H](O)C(Cl)(Cl)Cl. The minimum Gasteiger partial charge on any atom is -0.378 e. The lowest BCUT2D eigenvalue weighted by Crippen LogP contribution is -2.25. The molecule has 0 aliphatic heterocycles. The highest BCUT2D eigenvalue weighted by molar-refractivity contribution is 7.65. The summed E-state index contributed by atoms with van der Waals surface area (Å²) in [5, 5.41) is 9.75. The van der Waals surface area contributed by atoms with Gasteiger partial charge in [0.05, 0.1) is 6.61 Å². The predicted octanol–water partition coefficient (Wildman–Crippen LogP) is 4.00. The van der Waals surface area contributed by atoms with Crippen molar-refractivity contribution in [1.82, 2.24) is 0 Å². The van der Waals surface area contributed by atoms with Crippen molar-refractivity contribution in [2.24, 2.45) is 5.41 Å². The van der Waals surface area contributed by atoms with Gasteiger partial charge in [0.2, 0.25) is 3.79 Å². The normalized spacial score (nSPS) is 17.9. The quantitative estimate of drug-likeness (QED) is 0.485. The van der Waals surface area contributed by atoms with Gasteiger partial charge in [0, 0.05) is 5.41 Å². The fraction of sp³-hybridized carbons (Fsp3) is 0.800. The Morgan fingerprint density at radius 3 is 2.12 bits per heavy atom. The summed E-state index contributed by atoms with van der Waals surface area (Å²) in [6, 6.07) is 0. The summed E-state index contributed by atoms with van der Waals surface area (Å²) in [5.41, 5.74) is 2.03. The maximum atomic E-state index is 12.3. The average molecular weight is 322 g/mol. The summed E-state index contributed by atoms with van der Waals surface area (Å²) in [7, 11) is -3.73. The number of alkyl halides is 3. The third-order valence-corrected chi connectivity index (χ3v) is 4.70. The van der Waals surface area contributed by atoms with Gasteiger partial charge in [0.25, 0.3) is 0 Å². The molecule has 0 aliphatic carbocycles. The molecule has 0 aromatic carbocycles. The van der Waals surface area contributed by atoms with Crippen LogP contribution < -0.4 is 0 Å². The smallest absolute Gasteiger partial charge is 0.305 e. The molecule has 0 aromatic heterocycles. The van der Waals surface area contributed by atoms with Crippen molar-refractivity contribution in [3.05, 3.63) is 0 Å². The lowest BCUT2D eigenvalue weighted by atomic mass is 9.99. The monoisotopic (exact) mass is 320 g/mol. The molecule has 0 bridgehead atoms. The first-order valence-corrected chi connectivity index (χ1v) is 7.78. The first-order valence-electron chi connectivity index (χ1n) is 4.96. The third-order valence-electron chi connectivity index (χ3n) is 1.52. The lowest BCUT2D eigenvalue weighted by Gasteiger charge is -2.24. The van der Waals surface area contributed by atoms with E-state index in [-0.39, 0.29) is 12.0 Å². The minimum atomic E-state index is -3.73. The standard InChI is InChI=1S/C10H16Cl3O3P/c1-5-16-17(15,7-6-9(2,3)4)8(14)10(11,12)13/h8,14H,5H2,1-4H3/t8-,17-/m0/s1. The zero-order valence-electron chi connectivity index (χ0n) is 10.1. The van der Waals surface area contributed by atoms with Crippen molar-refractivity contribution in [1.29, 1.82) is 0 Å². The summed E-state index contributed by atoms with van der Waals surface area (Å²) in [6.07, 6.45) is 0. The highest BCUT2D eigenvalue weighted by atomic mass is 35.6. The molecule has 1 N–H and O–H groups in total. The number of rotatable bonds is 3. The Morgan fingerprint density at radius 2 is 1.82 bits per heavy atom. The first kappa shape index (κ1) is 17.6. The molecule has 17 heavy (non-hydrogen) atoms. The molecule has 0 aromatic rings. The van der Waals surface area contributed by atoms with Crippen LogP contribution in [0.5, 0.6) is 0 Å². The molecule has 0 aliphatic rings. The predicted molar refractivity (Wildman–Crippen MR) is 72.8 cm³/mol. The van der Waals surface area contributed by atoms with Crippen LogP contribution in [0, 0.1) is 17.0 Å². The Kier molecular flexibility index (Phi) is 6.36. The van der Waals surface area contributed by atoms with E-state index in [4.69, 9.17) is 39.3 Å². The summed E-state index contributed by atoms with van der Waals surface area (Å²) in [6.45, 7) is 7.22. The van der Waals surface area contributed by atoms with Gasteiger partial charge < -0.3 is 9.63 Å². The third kappa shape index (κ3) is 6.34. The second-order valence-corrected chi connectivity index (χ2v) is 8.95. The molecule has 0 saturated heterocycles. The van der Waals surface area contributed by atoms with E-state index in [2.05, 4.69) is 11.6 Å². The number of hydrogen-bond donors (Lipinski definition) is 1. The van der Waals surface area contributed by atoms with E-state index >= 15 is 0 Å². The number of halogens is 3. The van der Waals surface area contributed by atoms with Crippen molar-refractivity contribution in [2.75, 3.05) is 6.61 Å². The van der Waals surface area contributed by atoms with Crippen LogP contribution in [0.4, 0.5) is 0 Å². The summed E-state index contributed by atoms with van der Waals surface area (Å²) < 4.78 is 15.2. The molecule has 0 fully saturated rings. The van der Waals surface area contributed by atoms with Crippen LogP contribution in [-0.2, 0) is 9.09 Å². The highest BCUT2D eigenvalue weighted by Gasteiger charge is 2.45. The van der Waals surface area contributed by atoms with Crippen LogP contribution in [0.2, 0.25) is 0 Å². The van der Waals surface area contributed by atoms with Crippen LogP contribution in [0.25, 0.3) is 0 Å². The molecule has 0 rings (SSSR count). The maximum absolute atomic E-state index is 12.3. The molecular formula is C10H16Cl3O3P. The van der Waals surface area contributed by atoms with Crippen molar-refractivity contribution < 1.29 is 14.2 Å². The van der Waals surface area contributed by atoms with E-state index in [1.165, 1.54) is 0 Å². The van der Waals surface area contributed by atoms with Crippen LogP contribution in [0.15, 0.2) is 0 Å². The average Bonchev–Trinajstić information content (AvgIpc) is 2.12. The molecule has 0 spiro atoms. The molecule has 0 amide bonds. The molecule has 7 heteroatoms. The van der Waals surface area contributed by atoms with Crippen molar-refractivity contribution >= 4 is 42.2 Å². The van der Waals surface area contributed by atoms with Gasteiger partial charge in [-0.05, 0) is 33.4 Å². The van der Waals surface area contributed by atoms with E-state index in [9.17, 15) is 9.67 Å². The van der Waals surface area contributed by atoms with Crippen molar-refractivity contribution in [3.63, 3.8) is 0 Å². The fourth-order valence-corrected chi connectivity index (χ4v) is 3.54. The van der Waals surface area contributed by atoms with Gasteiger partial charge in [-0.25, -0.2) is 0 Å². The van der Waals surface area contributed by atoms with Gasteiger partial charge >= 0.3 is 7.37 Å². The first-order chi connectivity index (χ1) is 7.42. The van der Waals surface area contributed by atoms with Gasteiger partial charge in [-0.15, -0.1) is 0 Å². The topological polar surface area (TPSA) is 46.5 Å². The molecule has 0 radical (unpaired) electrons. The Labute approximate surface area is 117 Å². The largest absolute Gasteiger partial charge is 0.378 e. The Hall–Kier alpha value is 0.580. The van der Waals surface area contributed by atoms with Gasteiger partial charge in [-0.2, -0.15) is 0 Å². The zero-order chi connectivity index (χ0) is 13.9. The molecule has 0 saturated carbocycles. The van der Waals surface area contributed by atoms with E-state index in [0.717, 1.165) is 0 Å². The molecule has 100 valence electrons. The lowest BCUT2D eigenvalue weighted by molar-refractivity contribution is 0.218. The van der Waals surface area contributed by atoms with Crippen LogP contribution in [0.3, 0.4) is 0 Å². The van der Waals surface area contributed by atoms with Crippen LogP contribution >= 0.6 is 42.2 Å². The van der Waals surface area contributed by atoms with Crippen molar-refractivity contribution in [3.8, 4) is 11.6 Å². The Morgan fingerprint density at radius 1 is 1.35 bits per heavy atom. The minimum absolute atomic E-state index is 0.105. The van der Waals surface area contributed by atoms with Crippen LogP contribution in [-0.4, -0.2) is 21.4 Å². The van der Waals surface area contributed by atoms with E-state index in [1.807, 2.05) is 20.8 Å². The molecule has 3 nitrogen and oxygen atoms in total. The molecular weight excluding hydrogens is 305 g/mol. The zero-order valence-corrected chi connectivity index (χ0v) is 13.3. The van der Waals surface area contributed by atoms with E-state index < -0.39 is 17.0 Å². The summed E-state index contributed by atoms with van der Waals surface area (Å²) >= 11 is 16.5. The summed E-state index contributed by atoms with van der Waals surface area (Å²) in [4.78, 5) is 0. The van der Waals surface area contributed by atoms with Crippen LogP contribution in [0.1, 0.15) is 27.7 Å². The second kappa shape index (κ2) is 6.15. The Bertz CT molecular complexity index is 360. The number of aliphatic hydroxyl groups excluding tert-OH is 1. The van der Waals surface area contributed by atoms with Gasteiger partial charge in [-0.1, -0.05) is 40.7 Å². The number of aliphatic hydroxyl groups is 1. The van der Waals surface area contributed by atoms with Gasteiger partial charge in [-0.3, -0.25) is 4.57 Å². The number of hydrogen-bond acceptors (Lipinski definition) is 3. The van der Waals surface area contributed by atoms with Gasteiger partial charge in [0.15, 0.2) is 5.85 Å². The Balaban J connectivity index is 5.31. The van der Waals surface area contributed by atoms with Crippen molar-refractivity contribution in [2.45, 2.75) is 37.3 Å². The second-order valence-electron chi connectivity index (χ2n) is 4.42. The maximum Gasteiger partial charge on any atom is 0.305 e. The van der Waals surface area contributed by atoms with E-state index in [0.29, 0.717) is 0 Å². The molecule has 0 heterocycles. The van der Waals surface area contributed by atoms with E-state index in [1.54, 1.807) is 6.92 Å². The highest BCUT2D eigenvalue weighted by Crippen LogP contribution is 2.57. The summed E-state index contributed by atoms with van der Waals surface area (Å²) in [5.74, 6) is 0.958. The van der Waals surface area contributed by atoms with Gasteiger partial charge in [0.1, 0.15) is 0 Å². The fourth-order valence-electron chi connectivity index (χ4n) is 0.794. The molecule has 0 unspecified atom stereocenters.